The highest BCUT2D eigenvalue weighted by Crippen LogP contribution is 2.20. The van der Waals surface area contributed by atoms with Crippen molar-refractivity contribution in [3.8, 4) is 0 Å². The lowest BCUT2D eigenvalue weighted by Gasteiger charge is -2.25. The van der Waals surface area contributed by atoms with Gasteiger partial charge in [-0.1, -0.05) is 53.5 Å². The summed E-state index contributed by atoms with van der Waals surface area (Å²) in [5.74, 6) is 0. The highest BCUT2D eigenvalue weighted by molar-refractivity contribution is 6.32. The Kier molecular flexibility index (Phi) is 5.90. The molecule has 1 aliphatic heterocycles. The van der Waals surface area contributed by atoms with E-state index in [1.807, 2.05) is 18.2 Å². The van der Waals surface area contributed by atoms with Crippen LogP contribution in [0.2, 0.25) is 10.3 Å². The molecule has 122 valence electrons. The number of pyridine rings is 1. The zero-order chi connectivity index (χ0) is 16.1. The Labute approximate surface area is 147 Å². The molecule has 1 fully saturated rings. The third-order valence-electron chi connectivity index (χ3n) is 3.96. The van der Waals surface area contributed by atoms with E-state index in [0.29, 0.717) is 16.4 Å². The standard InChI is InChI=1S/C18H20Cl2N2O/c19-17-9-15(10-18(20)21-17)12-22(13-16-7-4-8-23-16)11-14-5-2-1-3-6-14/h1-3,5-6,9-10,16H,4,7-8,11-13H2. The predicted molar refractivity (Wildman–Crippen MR) is 93.8 cm³/mol. The van der Waals surface area contributed by atoms with Crippen LogP contribution in [0, 0.1) is 0 Å². The highest BCUT2D eigenvalue weighted by atomic mass is 35.5. The molecule has 0 amide bonds. The molecule has 0 aliphatic carbocycles. The summed E-state index contributed by atoms with van der Waals surface area (Å²) in [6.45, 7) is 3.43. The number of benzene rings is 1. The van der Waals surface area contributed by atoms with E-state index in [-0.39, 0.29) is 0 Å². The summed E-state index contributed by atoms with van der Waals surface area (Å²) in [7, 11) is 0. The van der Waals surface area contributed by atoms with Crippen molar-refractivity contribution in [2.75, 3.05) is 13.2 Å². The SMILES string of the molecule is Clc1cc(CN(Cc2ccccc2)CC2CCCO2)cc(Cl)n1. The molecule has 0 bridgehead atoms. The molecule has 2 heterocycles. The van der Waals surface area contributed by atoms with Gasteiger partial charge in [0.1, 0.15) is 10.3 Å². The van der Waals surface area contributed by atoms with E-state index in [2.05, 4.69) is 34.1 Å². The van der Waals surface area contributed by atoms with Crippen molar-refractivity contribution >= 4 is 23.2 Å². The van der Waals surface area contributed by atoms with Crippen LogP contribution >= 0.6 is 23.2 Å². The van der Waals surface area contributed by atoms with Crippen LogP contribution in [-0.4, -0.2) is 29.1 Å². The van der Waals surface area contributed by atoms with E-state index < -0.39 is 0 Å². The van der Waals surface area contributed by atoms with Crippen molar-refractivity contribution in [3.63, 3.8) is 0 Å². The van der Waals surface area contributed by atoms with Gasteiger partial charge >= 0.3 is 0 Å². The minimum atomic E-state index is 0.312. The van der Waals surface area contributed by atoms with E-state index in [4.69, 9.17) is 27.9 Å². The molecule has 23 heavy (non-hydrogen) atoms. The summed E-state index contributed by atoms with van der Waals surface area (Å²) in [6.07, 6.45) is 2.59. The van der Waals surface area contributed by atoms with E-state index in [0.717, 1.165) is 44.6 Å². The average Bonchev–Trinajstić information content (AvgIpc) is 3.00. The second kappa shape index (κ2) is 8.11. The van der Waals surface area contributed by atoms with Crippen LogP contribution in [0.5, 0.6) is 0 Å². The molecule has 0 N–H and O–H groups in total. The molecular weight excluding hydrogens is 331 g/mol. The molecule has 0 radical (unpaired) electrons. The van der Waals surface area contributed by atoms with E-state index >= 15 is 0 Å². The van der Waals surface area contributed by atoms with Crippen molar-refractivity contribution in [2.24, 2.45) is 0 Å². The monoisotopic (exact) mass is 350 g/mol. The number of rotatable bonds is 6. The maximum Gasteiger partial charge on any atom is 0.131 e. The first-order valence-electron chi connectivity index (χ1n) is 7.89. The van der Waals surface area contributed by atoms with Gasteiger partial charge in [-0.15, -0.1) is 0 Å². The lowest BCUT2D eigenvalue weighted by atomic mass is 10.1. The lowest BCUT2D eigenvalue weighted by Crippen LogP contribution is -2.31. The van der Waals surface area contributed by atoms with Crippen LogP contribution in [0.25, 0.3) is 0 Å². The predicted octanol–water partition coefficient (Wildman–Crippen LogP) is 4.57. The zero-order valence-electron chi connectivity index (χ0n) is 12.9. The summed E-state index contributed by atoms with van der Waals surface area (Å²) in [5, 5.41) is 0.869. The number of aromatic nitrogens is 1. The molecule has 0 spiro atoms. The molecule has 5 heteroatoms. The number of halogens is 2. The van der Waals surface area contributed by atoms with Gasteiger partial charge in [-0.2, -0.15) is 0 Å². The van der Waals surface area contributed by atoms with Gasteiger partial charge < -0.3 is 4.74 Å². The van der Waals surface area contributed by atoms with Crippen LogP contribution in [0.15, 0.2) is 42.5 Å². The van der Waals surface area contributed by atoms with Gasteiger partial charge in [0, 0.05) is 26.2 Å². The summed E-state index contributed by atoms with van der Waals surface area (Å²) in [6, 6.07) is 14.2. The molecule has 3 rings (SSSR count). The fourth-order valence-electron chi connectivity index (χ4n) is 2.97. The second-order valence-electron chi connectivity index (χ2n) is 5.91. The van der Waals surface area contributed by atoms with Crippen molar-refractivity contribution in [1.82, 2.24) is 9.88 Å². The first-order chi connectivity index (χ1) is 11.2. The van der Waals surface area contributed by atoms with E-state index in [1.54, 1.807) is 0 Å². The molecule has 1 aliphatic rings. The van der Waals surface area contributed by atoms with Gasteiger partial charge in [0.05, 0.1) is 6.10 Å². The van der Waals surface area contributed by atoms with Crippen LogP contribution in [-0.2, 0) is 17.8 Å². The molecule has 3 nitrogen and oxygen atoms in total. The Balaban J connectivity index is 1.73. The Hall–Kier alpha value is -1.13. The third kappa shape index (κ3) is 5.18. The van der Waals surface area contributed by atoms with E-state index in [1.165, 1.54) is 5.56 Å². The summed E-state index contributed by atoms with van der Waals surface area (Å²) < 4.78 is 5.80. The van der Waals surface area contributed by atoms with E-state index in [9.17, 15) is 0 Å². The fourth-order valence-corrected chi connectivity index (χ4v) is 3.47. The number of hydrogen-bond acceptors (Lipinski definition) is 3. The second-order valence-corrected chi connectivity index (χ2v) is 6.69. The smallest absolute Gasteiger partial charge is 0.131 e. The quantitative estimate of drug-likeness (QED) is 0.713. The maximum atomic E-state index is 6.03. The van der Waals surface area contributed by atoms with Crippen LogP contribution in [0.1, 0.15) is 24.0 Å². The molecule has 2 aromatic rings. The Morgan fingerprint density at radius 1 is 1.04 bits per heavy atom. The maximum absolute atomic E-state index is 6.03. The molecule has 1 saturated heterocycles. The first-order valence-corrected chi connectivity index (χ1v) is 8.64. The van der Waals surface area contributed by atoms with Gasteiger partial charge in [-0.25, -0.2) is 4.98 Å². The normalized spacial score (nSPS) is 17.8. The minimum absolute atomic E-state index is 0.312. The van der Waals surface area contributed by atoms with Crippen molar-refractivity contribution < 1.29 is 4.74 Å². The topological polar surface area (TPSA) is 25.4 Å². The molecular formula is C18H20Cl2N2O. The Morgan fingerprint density at radius 2 is 1.74 bits per heavy atom. The van der Waals surface area contributed by atoms with Crippen molar-refractivity contribution in [3.05, 3.63) is 63.9 Å². The van der Waals surface area contributed by atoms with Gasteiger partial charge in [0.25, 0.3) is 0 Å². The molecule has 1 atom stereocenters. The van der Waals surface area contributed by atoms with Crippen LogP contribution in [0.3, 0.4) is 0 Å². The van der Waals surface area contributed by atoms with Crippen molar-refractivity contribution in [2.45, 2.75) is 32.0 Å². The molecule has 1 aromatic carbocycles. The van der Waals surface area contributed by atoms with Crippen molar-refractivity contribution in [1.29, 1.82) is 0 Å². The Morgan fingerprint density at radius 3 is 2.39 bits per heavy atom. The highest BCUT2D eigenvalue weighted by Gasteiger charge is 2.20. The van der Waals surface area contributed by atoms with Gasteiger partial charge in [0.15, 0.2) is 0 Å². The van der Waals surface area contributed by atoms with Gasteiger partial charge in [0.2, 0.25) is 0 Å². The van der Waals surface area contributed by atoms with Gasteiger partial charge in [-0.05, 0) is 36.1 Å². The molecule has 1 unspecified atom stereocenters. The molecule has 1 aromatic heterocycles. The van der Waals surface area contributed by atoms with Crippen LogP contribution in [0.4, 0.5) is 0 Å². The van der Waals surface area contributed by atoms with Crippen LogP contribution < -0.4 is 0 Å². The summed E-state index contributed by atoms with van der Waals surface area (Å²) >= 11 is 12.1. The number of nitrogens with zero attached hydrogens (tertiary/aromatic N) is 2. The summed E-state index contributed by atoms with van der Waals surface area (Å²) in [5.41, 5.74) is 2.36. The third-order valence-corrected chi connectivity index (χ3v) is 4.35. The Bertz CT molecular complexity index is 610. The minimum Gasteiger partial charge on any atom is -0.377 e. The largest absolute Gasteiger partial charge is 0.377 e. The zero-order valence-corrected chi connectivity index (χ0v) is 14.4. The number of hydrogen-bond donors (Lipinski definition) is 0. The van der Waals surface area contributed by atoms with Gasteiger partial charge in [-0.3, -0.25) is 4.90 Å². The lowest BCUT2D eigenvalue weighted by molar-refractivity contribution is 0.0679. The fraction of sp³-hybridized carbons (Fsp3) is 0.389. The number of ether oxygens (including phenoxy) is 1. The summed E-state index contributed by atoms with van der Waals surface area (Å²) in [4.78, 5) is 6.40. The molecule has 0 saturated carbocycles. The average molecular weight is 351 g/mol. The first kappa shape index (κ1) is 16.7.